The maximum atomic E-state index is 13.3. The zero-order chi connectivity index (χ0) is 22.2. The average Bonchev–Trinajstić information content (AvgIpc) is 3.08. The van der Waals surface area contributed by atoms with Gasteiger partial charge in [0.05, 0.1) is 17.1 Å². The molecule has 1 saturated carbocycles. The lowest BCUT2D eigenvalue weighted by Gasteiger charge is -2.40. The summed E-state index contributed by atoms with van der Waals surface area (Å²) in [6.45, 7) is 4.87. The van der Waals surface area contributed by atoms with E-state index in [0.717, 1.165) is 29.8 Å². The third-order valence-electron chi connectivity index (χ3n) is 6.08. The number of aromatic nitrogens is 4. The van der Waals surface area contributed by atoms with Crippen molar-refractivity contribution in [3.63, 3.8) is 0 Å². The summed E-state index contributed by atoms with van der Waals surface area (Å²) in [5.74, 6) is 0.466. The van der Waals surface area contributed by atoms with Crippen molar-refractivity contribution in [2.24, 2.45) is 5.92 Å². The first-order chi connectivity index (χ1) is 15.5. The van der Waals surface area contributed by atoms with E-state index in [0.29, 0.717) is 35.1 Å². The number of nitrogens with one attached hydrogen (secondary N) is 2. The lowest BCUT2D eigenvalue weighted by molar-refractivity contribution is -0.129. The predicted octanol–water partition coefficient (Wildman–Crippen LogP) is 2.70. The Morgan fingerprint density at radius 1 is 1.22 bits per heavy atom. The van der Waals surface area contributed by atoms with Gasteiger partial charge in [0.15, 0.2) is 11.3 Å². The number of likely N-dealkylation sites (tertiary alicyclic amines) is 1. The van der Waals surface area contributed by atoms with Crippen LogP contribution in [-0.4, -0.2) is 55.8 Å². The van der Waals surface area contributed by atoms with E-state index in [1.54, 1.807) is 17.3 Å². The van der Waals surface area contributed by atoms with Crippen LogP contribution in [0.1, 0.15) is 53.3 Å². The number of thiazole rings is 1. The molecule has 0 aromatic carbocycles. The van der Waals surface area contributed by atoms with Gasteiger partial charge in [-0.2, -0.15) is 4.98 Å². The highest BCUT2D eigenvalue weighted by Crippen LogP contribution is 2.29. The number of pyridine rings is 1. The van der Waals surface area contributed by atoms with Gasteiger partial charge in [-0.3, -0.25) is 14.6 Å². The number of aryl methyl sites for hydroxylation is 1. The van der Waals surface area contributed by atoms with Crippen LogP contribution in [0.15, 0.2) is 24.5 Å². The summed E-state index contributed by atoms with van der Waals surface area (Å²) in [6, 6.07) is 3.77. The highest BCUT2D eigenvalue weighted by atomic mass is 32.1. The Balaban J connectivity index is 1.32. The first kappa shape index (κ1) is 20.7. The fourth-order valence-corrected chi connectivity index (χ4v) is 4.76. The molecular formula is C22H25N7O2S. The molecule has 1 unspecified atom stereocenters. The minimum absolute atomic E-state index is 0.00998. The first-order valence-corrected chi connectivity index (χ1v) is 11.7. The molecule has 4 heterocycles. The molecule has 2 amide bonds. The van der Waals surface area contributed by atoms with Crippen molar-refractivity contribution in [1.29, 1.82) is 0 Å². The molecule has 32 heavy (non-hydrogen) atoms. The second kappa shape index (κ2) is 8.42. The fraction of sp³-hybridized carbons (Fsp3) is 0.455. The van der Waals surface area contributed by atoms with Gasteiger partial charge in [0.25, 0.3) is 5.91 Å². The number of fused-ring (bicyclic) bond motifs is 1. The standard InChI is InChI=1S/C22H25N7O2S/c1-12(15-7-4-8-23-9-15)24-22-27-17(18-19(28-22)25-13(2)32-18)21(31)29-10-16(11-29)26-20(30)14-5-3-6-14/h4,7-9,12,14,16H,3,5-6,10-11H2,1-2H3,(H,26,30)(H,24,27,28). The van der Waals surface area contributed by atoms with Gasteiger partial charge in [0.2, 0.25) is 11.9 Å². The SMILES string of the molecule is Cc1nc2nc(NC(C)c3cccnc3)nc(C(=O)N3CC(NC(=O)C4CCC4)C3)c2s1. The number of hydrogen-bond donors (Lipinski definition) is 2. The van der Waals surface area contributed by atoms with E-state index >= 15 is 0 Å². The van der Waals surface area contributed by atoms with E-state index in [1.807, 2.05) is 26.0 Å². The van der Waals surface area contributed by atoms with E-state index in [-0.39, 0.29) is 29.8 Å². The Kier molecular flexibility index (Phi) is 5.46. The van der Waals surface area contributed by atoms with Crippen LogP contribution in [0, 0.1) is 12.8 Å². The second-order valence-corrected chi connectivity index (χ2v) is 9.68. The molecule has 1 aliphatic carbocycles. The van der Waals surface area contributed by atoms with E-state index in [2.05, 4.69) is 30.6 Å². The monoisotopic (exact) mass is 451 g/mol. The smallest absolute Gasteiger partial charge is 0.274 e. The van der Waals surface area contributed by atoms with Crippen LogP contribution in [0.4, 0.5) is 5.95 Å². The highest BCUT2D eigenvalue weighted by Gasteiger charge is 2.36. The third-order valence-corrected chi connectivity index (χ3v) is 7.05. The molecule has 166 valence electrons. The largest absolute Gasteiger partial charge is 0.350 e. The summed E-state index contributed by atoms with van der Waals surface area (Å²) in [7, 11) is 0. The molecule has 0 radical (unpaired) electrons. The topological polar surface area (TPSA) is 113 Å². The summed E-state index contributed by atoms with van der Waals surface area (Å²) in [5.41, 5.74) is 1.86. The van der Waals surface area contributed by atoms with Crippen LogP contribution in [0.25, 0.3) is 10.3 Å². The Morgan fingerprint density at radius 3 is 2.72 bits per heavy atom. The highest BCUT2D eigenvalue weighted by molar-refractivity contribution is 7.18. The molecule has 10 heteroatoms. The molecule has 0 spiro atoms. The molecule has 2 fully saturated rings. The molecule has 2 N–H and O–H groups in total. The van der Waals surface area contributed by atoms with E-state index in [1.165, 1.54) is 11.3 Å². The summed E-state index contributed by atoms with van der Waals surface area (Å²) in [4.78, 5) is 44.9. The van der Waals surface area contributed by atoms with Crippen molar-refractivity contribution in [3.05, 3.63) is 40.8 Å². The van der Waals surface area contributed by atoms with Crippen molar-refractivity contribution < 1.29 is 9.59 Å². The number of rotatable bonds is 6. The molecule has 3 aromatic rings. The number of amides is 2. The fourth-order valence-electron chi connectivity index (χ4n) is 3.92. The Hall–Kier alpha value is -3.14. The van der Waals surface area contributed by atoms with Gasteiger partial charge in [0, 0.05) is 31.4 Å². The van der Waals surface area contributed by atoms with Crippen LogP contribution in [0.2, 0.25) is 0 Å². The van der Waals surface area contributed by atoms with Crippen molar-refractivity contribution in [2.75, 3.05) is 18.4 Å². The summed E-state index contributed by atoms with van der Waals surface area (Å²) >= 11 is 1.42. The molecule has 9 nitrogen and oxygen atoms in total. The van der Waals surface area contributed by atoms with Gasteiger partial charge in [-0.1, -0.05) is 12.5 Å². The number of anilines is 1. The number of hydrogen-bond acceptors (Lipinski definition) is 8. The predicted molar refractivity (Wildman–Crippen MR) is 121 cm³/mol. The Labute approximate surface area is 189 Å². The van der Waals surface area contributed by atoms with Crippen molar-refractivity contribution in [1.82, 2.24) is 30.2 Å². The lowest BCUT2D eigenvalue weighted by atomic mass is 9.84. The van der Waals surface area contributed by atoms with Crippen molar-refractivity contribution in [3.8, 4) is 0 Å². The van der Waals surface area contributed by atoms with E-state index < -0.39 is 0 Å². The second-order valence-electron chi connectivity index (χ2n) is 8.48. The quantitative estimate of drug-likeness (QED) is 0.592. The summed E-state index contributed by atoms with van der Waals surface area (Å²) in [5, 5.41) is 7.15. The first-order valence-electron chi connectivity index (χ1n) is 10.9. The zero-order valence-electron chi connectivity index (χ0n) is 18.0. The van der Waals surface area contributed by atoms with Gasteiger partial charge in [0.1, 0.15) is 4.70 Å². The minimum atomic E-state index is -0.160. The Bertz CT molecular complexity index is 1160. The van der Waals surface area contributed by atoms with E-state index in [4.69, 9.17) is 0 Å². The molecule has 3 aromatic heterocycles. The van der Waals surface area contributed by atoms with Crippen LogP contribution in [0.5, 0.6) is 0 Å². The van der Waals surface area contributed by atoms with Crippen molar-refractivity contribution in [2.45, 2.75) is 45.2 Å². The van der Waals surface area contributed by atoms with Crippen LogP contribution in [-0.2, 0) is 4.79 Å². The van der Waals surface area contributed by atoms with E-state index in [9.17, 15) is 9.59 Å². The molecule has 2 aliphatic rings. The van der Waals surface area contributed by atoms with Crippen LogP contribution in [0.3, 0.4) is 0 Å². The molecule has 5 rings (SSSR count). The number of carbonyl (C=O) groups excluding carboxylic acids is 2. The number of nitrogens with zero attached hydrogens (tertiary/aromatic N) is 5. The van der Waals surface area contributed by atoms with Gasteiger partial charge < -0.3 is 15.5 Å². The maximum absolute atomic E-state index is 13.3. The zero-order valence-corrected chi connectivity index (χ0v) is 18.9. The van der Waals surface area contributed by atoms with Crippen LogP contribution >= 0.6 is 11.3 Å². The summed E-state index contributed by atoms with van der Waals surface area (Å²) in [6.07, 6.45) is 6.58. The molecule has 1 aliphatic heterocycles. The average molecular weight is 452 g/mol. The lowest BCUT2D eigenvalue weighted by Crippen LogP contribution is -2.62. The van der Waals surface area contributed by atoms with Gasteiger partial charge >= 0.3 is 0 Å². The third kappa shape index (κ3) is 4.02. The van der Waals surface area contributed by atoms with Crippen molar-refractivity contribution >= 4 is 39.4 Å². The van der Waals surface area contributed by atoms with Gasteiger partial charge in [-0.25, -0.2) is 9.97 Å². The molecule has 1 saturated heterocycles. The minimum Gasteiger partial charge on any atom is -0.350 e. The Morgan fingerprint density at radius 2 is 2.03 bits per heavy atom. The molecule has 1 atom stereocenters. The van der Waals surface area contributed by atoms with Gasteiger partial charge in [-0.15, -0.1) is 11.3 Å². The number of carbonyl (C=O) groups is 2. The summed E-state index contributed by atoms with van der Waals surface area (Å²) < 4.78 is 0.689. The van der Waals surface area contributed by atoms with Gasteiger partial charge in [-0.05, 0) is 38.3 Å². The molecule has 0 bridgehead atoms. The maximum Gasteiger partial charge on any atom is 0.274 e. The normalized spacial score (nSPS) is 17.5. The molecular weight excluding hydrogens is 426 g/mol. The van der Waals surface area contributed by atoms with Crippen LogP contribution < -0.4 is 10.6 Å².